The molecule has 0 fully saturated rings. The Kier molecular flexibility index (Phi) is 3.07. The van der Waals surface area contributed by atoms with Crippen molar-refractivity contribution < 1.29 is 4.74 Å². The molecule has 1 aromatic carbocycles. The van der Waals surface area contributed by atoms with Gasteiger partial charge in [-0.05, 0) is 49.4 Å². The minimum absolute atomic E-state index is 0.609. The van der Waals surface area contributed by atoms with Crippen LogP contribution in [0.1, 0.15) is 23.1 Å². The van der Waals surface area contributed by atoms with Crippen LogP contribution in [0.4, 0.5) is 5.82 Å². The highest BCUT2D eigenvalue weighted by Crippen LogP contribution is 2.30. The van der Waals surface area contributed by atoms with Crippen molar-refractivity contribution in [2.24, 2.45) is 0 Å². The Balaban J connectivity index is 1.89. The molecule has 1 N–H and O–H groups in total. The first kappa shape index (κ1) is 12.0. The van der Waals surface area contributed by atoms with Crippen LogP contribution >= 0.6 is 0 Å². The lowest BCUT2D eigenvalue weighted by Crippen LogP contribution is -2.00. The van der Waals surface area contributed by atoms with Gasteiger partial charge < -0.3 is 10.1 Å². The van der Waals surface area contributed by atoms with E-state index in [1.165, 1.54) is 30.3 Å². The number of anilines is 1. The summed E-state index contributed by atoms with van der Waals surface area (Å²) in [5.41, 5.74) is 3.77. The third kappa shape index (κ3) is 2.26. The van der Waals surface area contributed by atoms with Crippen molar-refractivity contribution in [2.45, 2.75) is 26.2 Å². The van der Waals surface area contributed by atoms with Crippen LogP contribution in [0.3, 0.4) is 0 Å². The zero-order chi connectivity index (χ0) is 13.2. The number of aromatic nitrogens is 2. The highest BCUT2D eigenvalue weighted by atomic mass is 16.5. The van der Waals surface area contributed by atoms with Crippen molar-refractivity contribution in [3.8, 4) is 11.6 Å². The summed E-state index contributed by atoms with van der Waals surface area (Å²) in [7, 11) is 1.84. The minimum atomic E-state index is 0.609. The van der Waals surface area contributed by atoms with Crippen LogP contribution in [-0.4, -0.2) is 17.0 Å². The van der Waals surface area contributed by atoms with E-state index in [9.17, 15) is 0 Å². The zero-order valence-electron chi connectivity index (χ0n) is 11.2. The molecule has 0 aliphatic heterocycles. The van der Waals surface area contributed by atoms with Gasteiger partial charge in [0.2, 0.25) is 5.88 Å². The molecule has 0 radical (unpaired) electrons. The number of aryl methyl sites for hydroxylation is 2. The second-order valence-corrected chi connectivity index (χ2v) is 4.79. The quantitative estimate of drug-likeness (QED) is 0.915. The molecule has 1 heterocycles. The zero-order valence-corrected chi connectivity index (χ0v) is 11.2. The maximum absolute atomic E-state index is 5.89. The molecule has 98 valence electrons. The number of ether oxygens (including phenoxy) is 1. The summed E-state index contributed by atoms with van der Waals surface area (Å²) < 4.78 is 5.89. The summed E-state index contributed by atoms with van der Waals surface area (Å²) in [6.45, 7) is 1.95. The Morgan fingerprint density at radius 2 is 2.00 bits per heavy atom. The molecule has 0 saturated heterocycles. The van der Waals surface area contributed by atoms with Crippen molar-refractivity contribution in [3.05, 3.63) is 41.2 Å². The number of hydrogen-bond acceptors (Lipinski definition) is 4. The van der Waals surface area contributed by atoms with Crippen molar-refractivity contribution in [3.63, 3.8) is 0 Å². The second kappa shape index (κ2) is 4.88. The summed E-state index contributed by atoms with van der Waals surface area (Å²) in [5, 5.41) is 3.03. The van der Waals surface area contributed by atoms with Gasteiger partial charge in [0.15, 0.2) is 0 Å². The van der Waals surface area contributed by atoms with Gasteiger partial charge in [0.1, 0.15) is 17.9 Å². The van der Waals surface area contributed by atoms with Gasteiger partial charge >= 0.3 is 0 Å². The fourth-order valence-corrected chi connectivity index (χ4v) is 2.51. The Labute approximate surface area is 112 Å². The SMILES string of the molecule is CNc1ncnc(Oc2ccc3c(c2)CCC3)c1C. The van der Waals surface area contributed by atoms with Gasteiger partial charge in [0.25, 0.3) is 0 Å². The number of nitrogens with one attached hydrogen (secondary N) is 1. The number of hydrogen-bond donors (Lipinski definition) is 1. The Bertz CT molecular complexity index is 610. The molecule has 2 aromatic rings. The molecule has 0 unspecified atom stereocenters. The van der Waals surface area contributed by atoms with Gasteiger partial charge in [0.05, 0.1) is 5.56 Å². The average molecular weight is 255 g/mol. The van der Waals surface area contributed by atoms with Gasteiger partial charge in [-0.3, -0.25) is 0 Å². The highest BCUT2D eigenvalue weighted by molar-refractivity contribution is 5.48. The van der Waals surface area contributed by atoms with E-state index in [0.717, 1.165) is 23.6 Å². The maximum atomic E-state index is 5.89. The Morgan fingerprint density at radius 3 is 2.84 bits per heavy atom. The second-order valence-electron chi connectivity index (χ2n) is 4.79. The first-order chi connectivity index (χ1) is 9.28. The highest BCUT2D eigenvalue weighted by Gasteiger charge is 2.13. The van der Waals surface area contributed by atoms with E-state index in [-0.39, 0.29) is 0 Å². The summed E-state index contributed by atoms with van der Waals surface area (Å²) in [5.74, 6) is 2.26. The molecule has 1 aliphatic carbocycles. The van der Waals surface area contributed by atoms with Crippen molar-refractivity contribution in [1.29, 1.82) is 0 Å². The van der Waals surface area contributed by atoms with Gasteiger partial charge in [-0.25, -0.2) is 9.97 Å². The average Bonchev–Trinajstić information content (AvgIpc) is 2.88. The van der Waals surface area contributed by atoms with Gasteiger partial charge in [-0.2, -0.15) is 0 Å². The molecule has 0 atom stereocenters. The number of nitrogens with zero attached hydrogens (tertiary/aromatic N) is 2. The van der Waals surface area contributed by atoms with E-state index < -0.39 is 0 Å². The molecule has 1 aromatic heterocycles. The summed E-state index contributed by atoms with van der Waals surface area (Å²) in [6, 6.07) is 6.31. The standard InChI is InChI=1S/C15H17N3O/c1-10-14(16-2)17-9-18-15(10)19-13-7-6-11-4-3-5-12(11)8-13/h6-9H,3-5H2,1-2H3,(H,16,17,18). The van der Waals surface area contributed by atoms with Crippen LogP contribution in [0.25, 0.3) is 0 Å². The Morgan fingerprint density at radius 1 is 1.16 bits per heavy atom. The topological polar surface area (TPSA) is 47.0 Å². The normalized spacial score (nSPS) is 13.2. The van der Waals surface area contributed by atoms with Crippen molar-refractivity contribution in [1.82, 2.24) is 9.97 Å². The van der Waals surface area contributed by atoms with E-state index in [1.54, 1.807) is 0 Å². The molecule has 1 aliphatic rings. The Hall–Kier alpha value is -2.10. The first-order valence-corrected chi connectivity index (χ1v) is 6.57. The number of rotatable bonds is 3. The fourth-order valence-electron chi connectivity index (χ4n) is 2.51. The van der Waals surface area contributed by atoms with Crippen LogP contribution < -0.4 is 10.1 Å². The largest absolute Gasteiger partial charge is 0.439 e. The van der Waals surface area contributed by atoms with Crippen molar-refractivity contribution in [2.75, 3.05) is 12.4 Å². The third-order valence-electron chi connectivity index (χ3n) is 3.56. The van der Waals surface area contributed by atoms with Crippen LogP contribution in [0.2, 0.25) is 0 Å². The molecular weight excluding hydrogens is 238 g/mol. The molecular formula is C15H17N3O. The summed E-state index contributed by atoms with van der Waals surface area (Å²) in [4.78, 5) is 8.36. The molecule has 0 saturated carbocycles. The van der Waals surface area contributed by atoms with Crippen LogP contribution in [-0.2, 0) is 12.8 Å². The monoisotopic (exact) mass is 255 g/mol. The molecule has 0 spiro atoms. The van der Waals surface area contributed by atoms with Gasteiger partial charge in [0, 0.05) is 7.05 Å². The van der Waals surface area contributed by atoms with Gasteiger partial charge in [-0.1, -0.05) is 6.07 Å². The minimum Gasteiger partial charge on any atom is -0.439 e. The van der Waals surface area contributed by atoms with E-state index >= 15 is 0 Å². The van der Waals surface area contributed by atoms with E-state index in [1.807, 2.05) is 20.0 Å². The maximum Gasteiger partial charge on any atom is 0.227 e. The number of benzene rings is 1. The lowest BCUT2D eigenvalue weighted by atomic mass is 10.1. The van der Waals surface area contributed by atoms with E-state index in [2.05, 4.69) is 27.4 Å². The van der Waals surface area contributed by atoms with E-state index in [4.69, 9.17) is 4.74 Å². The first-order valence-electron chi connectivity index (χ1n) is 6.57. The van der Waals surface area contributed by atoms with Crippen LogP contribution in [0.5, 0.6) is 11.6 Å². The van der Waals surface area contributed by atoms with Gasteiger partial charge in [-0.15, -0.1) is 0 Å². The predicted molar refractivity (Wildman–Crippen MR) is 74.9 cm³/mol. The lowest BCUT2D eigenvalue weighted by Gasteiger charge is -2.11. The summed E-state index contributed by atoms with van der Waals surface area (Å²) in [6.07, 6.45) is 5.10. The molecule has 4 nitrogen and oxygen atoms in total. The number of fused-ring (bicyclic) bond motifs is 1. The predicted octanol–water partition coefficient (Wildman–Crippen LogP) is 3.11. The lowest BCUT2D eigenvalue weighted by molar-refractivity contribution is 0.457. The van der Waals surface area contributed by atoms with Crippen LogP contribution in [0, 0.1) is 6.92 Å². The molecule has 4 heteroatoms. The van der Waals surface area contributed by atoms with E-state index in [0.29, 0.717) is 5.88 Å². The molecule has 0 bridgehead atoms. The smallest absolute Gasteiger partial charge is 0.227 e. The summed E-state index contributed by atoms with van der Waals surface area (Å²) >= 11 is 0. The molecule has 19 heavy (non-hydrogen) atoms. The van der Waals surface area contributed by atoms with Crippen LogP contribution in [0.15, 0.2) is 24.5 Å². The van der Waals surface area contributed by atoms with Crippen molar-refractivity contribution >= 4 is 5.82 Å². The fraction of sp³-hybridized carbons (Fsp3) is 0.333. The third-order valence-corrected chi connectivity index (χ3v) is 3.56. The molecule has 3 rings (SSSR count). The molecule has 0 amide bonds.